The molecule has 74 valence electrons. The molecular formula is C8H14N2O3. The molecule has 1 fully saturated rings. The van der Waals surface area contributed by atoms with Gasteiger partial charge in [0.15, 0.2) is 0 Å². The van der Waals surface area contributed by atoms with Crippen LogP contribution in [0.4, 0.5) is 0 Å². The number of carboxylic acid groups (broad SMARTS) is 1. The Labute approximate surface area is 76.5 Å². The number of nitrogens with one attached hydrogen (secondary N) is 2. The van der Waals surface area contributed by atoms with Crippen molar-refractivity contribution in [3.63, 3.8) is 0 Å². The molecule has 1 unspecified atom stereocenters. The van der Waals surface area contributed by atoms with Crippen molar-refractivity contribution in [3.8, 4) is 0 Å². The van der Waals surface area contributed by atoms with E-state index >= 15 is 0 Å². The maximum absolute atomic E-state index is 11.3. The zero-order chi connectivity index (χ0) is 9.84. The second-order valence-electron chi connectivity index (χ2n) is 3.36. The van der Waals surface area contributed by atoms with E-state index in [2.05, 4.69) is 10.6 Å². The van der Waals surface area contributed by atoms with Gasteiger partial charge in [-0.15, -0.1) is 0 Å². The number of carboxylic acids is 1. The van der Waals surface area contributed by atoms with Crippen molar-refractivity contribution in [2.45, 2.75) is 19.4 Å². The monoisotopic (exact) mass is 186 g/mol. The fourth-order valence-electron chi connectivity index (χ4n) is 1.15. The summed E-state index contributed by atoms with van der Waals surface area (Å²) < 4.78 is 0. The SMILES string of the molecule is CC(CC(=O)O)NC(=O)C1CNC1. The van der Waals surface area contributed by atoms with Crippen molar-refractivity contribution in [1.82, 2.24) is 10.6 Å². The van der Waals surface area contributed by atoms with Crippen LogP contribution in [-0.2, 0) is 9.59 Å². The minimum atomic E-state index is -0.889. The molecule has 0 bridgehead atoms. The molecule has 0 spiro atoms. The smallest absolute Gasteiger partial charge is 0.305 e. The molecule has 0 aromatic heterocycles. The Balaban J connectivity index is 2.22. The van der Waals surface area contributed by atoms with E-state index in [1.165, 1.54) is 0 Å². The highest BCUT2D eigenvalue weighted by molar-refractivity contribution is 5.81. The predicted molar refractivity (Wildman–Crippen MR) is 46.2 cm³/mol. The molecule has 0 radical (unpaired) electrons. The maximum Gasteiger partial charge on any atom is 0.305 e. The molecule has 5 nitrogen and oxygen atoms in total. The first kappa shape index (κ1) is 9.98. The number of amides is 1. The van der Waals surface area contributed by atoms with Gasteiger partial charge in [-0.3, -0.25) is 9.59 Å². The van der Waals surface area contributed by atoms with Crippen LogP contribution < -0.4 is 10.6 Å². The molecule has 1 aliphatic rings. The Bertz CT molecular complexity index is 213. The molecule has 1 aliphatic heterocycles. The van der Waals surface area contributed by atoms with Gasteiger partial charge >= 0.3 is 5.97 Å². The summed E-state index contributed by atoms with van der Waals surface area (Å²) in [5.41, 5.74) is 0. The molecule has 1 heterocycles. The predicted octanol–water partition coefficient (Wildman–Crippen LogP) is -0.815. The van der Waals surface area contributed by atoms with Crippen LogP contribution in [0.5, 0.6) is 0 Å². The Kier molecular flexibility index (Phi) is 3.25. The molecule has 13 heavy (non-hydrogen) atoms. The molecular weight excluding hydrogens is 172 g/mol. The summed E-state index contributed by atoms with van der Waals surface area (Å²) in [5.74, 6) is -0.914. The van der Waals surface area contributed by atoms with E-state index in [-0.39, 0.29) is 24.3 Å². The van der Waals surface area contributed by atoms with Crippen LogP contribution in [0.25, 0.3) is 0 Å². The third-order valence-electron chi connectivity index (χ3n) is 2.02. The topological polar surface area (TPSA) is 78.4 Å². The first-order chi connectivity index (χ1) is 6.09. The van der Waals surface area contributed by atoms with E-state index in [9.17, 15) is 9.59 Å². The maximum atomic E-state index is 11.3. The Morgan fingerprint density at radius 3 is 2.62 bits per heavy atom. The first-order valence-corrected chi connectivity index (χ1v) is 4.32. The molecule has 1 atom stereocenters. The van der Waals surface area contributed by atoms with E-state index in [0.29, 0.717) is 13.1 Å². The number of carbonyl (C=O) groups excluding carboxylic acids is 1. The standard InChI is InChI=1S/C8H14N2O3/c1-5(2-7(11)12)10-8(13)6-3-9-4-6/h5-6,9H,2-4H2,1H3,(H,10,13)(H,11,12). The van der Waals surface area contributed by atoms with Crippen molar-refractivity contribution in [2.24, 2.45) is 5.92 Å². The quantitative estimate of drug-likeness (QED) is 0.536. The molecule has 3 N–H and O–H groups in total. The summed E-state index contributed by atoms with van der Waals surface area (Å²) in [6, 6.07) is -0.286. The lowest BCUT2D eigenvalue weighted by atomic mass is 10.0. The Morgan fingerprint density at radius 2 is 2.23 bits per heavy atom. The minimum Gasteiger partial charge on any atom is -0.481 e. The highest BCUT2D eigenvalue weighted by Crippen LogP contribution is 2.03. The summed E-state index contributed by atoms with van der Waals surface area (Å²) in [6.45, 7) is 3.09. The summed E-state index contributed by atoms with van der Waals surface area (Å²) >= 11 is 0. The first-order valence-electron chi connectivity index (χ1n) is 4.32. The van der Waals surface area contributed by atoms with Gasteiger partial charge in [-0.1, -0.05) is 0 Å². The van der Waals surface area contributed by atoms with Crippen LogP contribution in [0.3, 0.4) is 0 Å². The molecule has 5 heteroatoms. The van der Waals surface area contributed by atoms with E-state index in [1.807, 2.05) is 0 Å². The van der Waals surface area contributed by atoms with Gasteiger partial charge in [-0.25, -0.2) is 0 Å². The summed E-state index contributed by atoms with van der Waals surface area (Å²) in [7, 11) is 0. The zero-order valence-corrected chi connectivity index (χ0v) is 7.54. The highest BCUT2D eigenvalue weighted by Gasteiger charge is 2.25. The summed E-state index contributed by atoms with van der Waals surface area (Å²) in [4.78, 5) is 21.6. The number of carbonyl (C=O) groups is 2. The van der Waals surface area contributed by atoms with E-state index in [4.69, 9.17) is 5.11 Å². The lowest BCUT2D eigenvalue weighted by molar-refractivity contribution is -0.137. The average molecular weight is 186 g/mol. The van der Waals surface area contributed by atoms with Crippen molar-refractivity contribution in [1.29, 1.82) is 0 Å². The van der Waals surface area contributed by atoms with E-state index in [0.717, 1.165) is 0 Å². The third kappa shape index (κ3) is 3.02. The lowest BCUT2D eigenvalue weighted by Gasteiger charge is -2.27. The van der Waals surface area contributed by atoms with Gasteiger partial charge in [-0.05, 0) is 6.92 Å². The van der Waals surface area contributed by atoms with Crippen molar-refractivity contribution >= 4 is 11.9 Å². The fraction of sp³-hybridized carbons (Fsp3) is 0.750. The van der Waals surface area contributed by atoms with Gasteiger partial charge in [-0.2, -0.15) is 0 Å². The molecule has 1 saturated heterocycles. The normalized spacial score (nSPS) is 18.8. The van der Waals surface area contributed by atoms with Gasteiger partial charge in [0.1, 0.15) is 0 Å². The number of hydrogen-bond donors (Lipinski definition) is 3. The highest BCUT2D eigenvalue weighted by atomic mass is 16.4. The van der Waals surface area contributed by atoms with Crippen molar-refractivity contribution < 1.29 is 14.7 Å². The number of aliphatic carboxylic acids is 1. The summed E-state index contributed by atoms with van der Waals surface area (Å²) in [5, 5.41) is 14.1. The summed E-state index contributed by atoms with van der Waals surface area (Å²) in [6.07, 6.45) is -0.0219. The Morgan fingerprint density at radius 1 is 1.62 bits per heavy atom. The average Bonchev–Trinajstić information content (AvgIpc) is 1.78. The minimum absolute atomic E-state index is 0.0219. The van der Waals surface area contributed by atoms with E-state index in [1.54, 1.807) is 6.92 Å². The van der Waals surface area contributed by atoms with E-state index < -0.39 is 5.97 Å². The number of rotatable bonds is 4. The van der Waals surface area contributed by atoms with Gasteiger partial charge in [0.05, 0.1) is 12.3 Å². The second kappa shape index (κ2) is 4.23. The molecule has 0 aromatic carbocycles. The second-order valence-corrected chi connectivity index (χ2v) is 3.36. The van der Waals surface area contributed by atoms with Gasteiger partial charge < -0.3 is 15.7 Å². The number of hydrogen-bond acceptors (Lipinski definition) is 3. The van der Waals surface area contributed by atoms with Crippen LogP contribution in [0.1, 0.15) is 13.3 Å². The van der Waals surface area contributed by atoms with Crippen LogP contribution in [0.2, 0.25) is 0 Å². The zero-order valence-electron chi connectivity index (χ0n) is 7.54. The largest absolute Gasteiger partial charge is 0.481 e. The molecule has 0 aliphatic carbocycles. The van der Waals surface area contributed by atoms with Crippen LogP contribution in [-0.4, -0.2) is 36.1 Å². The Hall–Kier alpha value is -1.10. The molecule has 0 aromatic rings. The third-order valence-corrected chi connectivity index (χ3v) is 2.02. The van der Waals surface area contributed by atoms with Gasteiger partial charge in [0, 0.05) is 19.1 Å². The van der Waals surface area contributed by atoms with Crippen molar-refractivity contribution in [2.75, 3.05) is 13.1 Å². The lowest BCUT2D eigenvalue weighted by Crippen LogP contribution is -2.52. The van der Waals surface area contributed by atoms with Crippen LogP contribution in [0.15, 0.2) is 0 Å². The van der Waals surface area contributed by atoms with Crippen LogP contribution in [0, 0.1) is 5.92 Å². The fourth-order valence-corrected chi connectivity index (χ4v) is 1.15. The molecule has 1 rings (SSSR count). The molecule has 1 amide bonds. The van der Waals surface area contributed by atoms with Crippen molar-refractivity contribution in [3.05, 3.63) is 0 Å². The molecule has 0 saturated carbocycles. The van der Waals surface area contributed by atoms with Gasteiger partial charge in [0.2, 0.25) is 5.91 Å². The van der Waals surface area contributed by atoms with Crippen LogP contribution >= 0.6 is 0 Å². The van der Waals surface area contributed by atoms with Gasteiger partial charge in [0.25, 0.3) is 0 Å².